The summed E-state index contributed by atoms with van der Waals surface area (Å²) in [6.45, 7) is 4.36. The summed E-state index contributed by atoms with van der Waals surface area (Å²) in [6.07, 6.45) is 8.74. The molecular weight excluding hydrogens is 467 g/mol. The summed E-state index contributed by atoms with van der Waals surface area (Å²) < 4.78 is 0. The average molecular weight is 497 g/mol. The summed E-state index contributed by atoms with van der Waals surface area (Å²) in [7, 11) is 0. The van der Waals surface area contributed by atoms with E-state index < -0.39 is 6.89 Å². The summed E-state index contributed by atoms with van der Waals surface area (Å²) >= 11 is 0. The van der Waals surface area contributed by atoms with E-state index in [2.05, 4.69) is 123 Å². The average Bonchev–Trinajstić information content (AvgIpc) is 3.20. The highest BCUT2D eigenvalue weighted by atomic mass is 31.2. The summed E-state index contributed by atoms with van der Waals surface area (Å²) in [4.78, 5) is 9.63. The normalized spacial score (nSPS) is 13.8. The number of fused-ring (bicyclic) bond motifs is 3. The molecule has 0 aliphatic carbocycles. The van der Waals surface area contributed by atoms with Crippen LogP contribution in [0.25, 0.3) is 22.3 Å². The van der Waals surface area contributed by atoms with Crippen molar-refractivity contribution in [2.45, 2.75) is 20.8 Å². The molecule has 37 heavy (non-hydrogen) atoms. The van der Waals surface area contributed by atoms with E-state index in [1.165, 1.54) is 38.2 Å². The molecule has 0 unspecified atom stereocenters. The molecule has 0 saturated heterocycles. The number of benzene rings is 4. The Morgan fingerprint density at radius 3 is 2.00 bits per heavy atom. The minimum absolute atomic E-state index is 0.976. The summed E-state index contributed by atoms with van der Waals surface area (Å²) in [5.41, 5.74) is 10.4. The molecule has 4 aromatic carbocycles. The fourth-order valence-electron chi connectivity index (χ4n) is 5.47. The van der Waals surface area contributed by atoms with Gasteiger partial charge in [-0.1, -0.05) is 91.2 Å². The van der Waals surface area contributed by atoms with Crippen molar-refractivity contribution in [3.05, 3.63) is 126 Å². The van der Waals surface area contributed by atoms with Gasteiger partial charge in [0, 0.05) is 29.2 Å². The largest absolute Gasteiger partial charge is 0.264 e. The van der Waals surface area contributed by atoms with Crippen LogP contribution in [0.3, 0.4) is 0 Å². The van der Waals surface area contributed by atoms with Crippen LogP contribution in [0.5, 0.6) is 0 Å². The van der Waals surface area contributed by atoms with Gasteiger partial charge in [0.1, 0.15) is 0 Å². The lowest BCUT2D eigenvalue weighted by molar-refractivity contribution is 1.30. The van der Waals surface area contributed by atoms with Gasteiger partial charge in [0.05, 0.1) is 5.69 Å². The maximum absolute atomic E-state index is 5.20. The predicted molar refractivity (Wildman–Crippen MR) is 162 cm³/mol. The fourth-order valence-corrected chi connectivity index (χ4v) is 8.85. The van der Waals surface area contributed by atoms with Crippen molar-refractivity contribution in [1.82, 2.24) is 4.98 Å². The molecule has 2 heterocycles. The van der Waals surface area contributed by atoms with Crippen LogP contribution in [-0.4, -0.2) is 17.0 Å². The van der Waals surface area contributed by atoms with E-state index in [1.54, 1.807) is 0 Å². The zero-order valence-electron chi connectivity index (χ0n) is 21.4. The fraction of sp³-hybridized carbons (Fsp3) is 0.0882. The number of aromatic nitrogens is 1. The summed E-state index contributed by atoms with van der Waals surface area (Å²) in [5, 5.41) is 3.96. The van der Waals surface area contributed by atoms with Gasteiger partial charge in [-0.15, -0.1) is 0 Å². The van der Waals surface area contributed by atoms with Crippen LogP contribution >= 0.6 is 6.89 Å². The van der Waals surface area contributed by atoms with Gasteiger partial charge in [0.2, 0.25) is 0 Å². The van der Waals surface area contributed by atoms with Gasteiger partial charge in [-0.25, -0.2) is 0 Å². The number of aryl methyl sites for hydroxylation is 2. The molecule has 1 aliphatic heterocycles. The minimum atomic E-state index is -2.01. The minimum Gasteiger partial charge on any atom is -0.264 e. The molecule has 0 atom stereocenters. The van der Waals surface area contributed by atoms with Crippen molar-refractivity contribution in [1.29, 1.82) is 0 Å². The van der Waals surface area contributed by atoms with Gasteiger partial charge >= 0.3 is 0 Å². The molecule has 0 spiro atoms. The lowest BCUT2D eigenvalue weighted by atomic mass is 9.96. The summed E-state index contributed by atoms with van der Waals surface area (Å²) in [6, 6.07) is 34.7. The molecule has 1 aliphatic rings. The van der Waals surface area contributed by atoms with Crippen molar-refractivity contribution in [3.8, 4) is 22.3 Å². The number of aliphatic imine (C=N–C) groups is 1. The van der Waals surface area contributed by atoms with Gasteiger partial charge in [-0.3, -0.25) is 9.98 Å². The second-order valence-electron chi connectivity index (χ2n) is 9.75. The van der Waals surface area contributed by atoms with Gasteiger partial charge in [-0.05, 0) is 83.5 Å². The third-order valence-electron chi connectivity index (χ3n) is 7.49. The second-order valence-corrected chi connectivity index (χ2v) is 12.8. The molecule has 0 fully saturated rings. The van der Waals surface area contributed by atoms with E-state index in [4.69, 9.17) is 11.3 Å². The summed E-state index contributed by atoms with van der Waals surface area (Å²) in [5.74, 6) is 0. The Labute approximate surface area is 219 Å². The Balaban J connectivity index is 1.49. The van der Waals surface area contributed by atoms with Crippen LogP contribution in [0.2, 0.25) is 0 Å². The van der Waals surface area contributed by atoms with Gasteiger partial charge in [0.25, 0.3) is 0 Å². The Morgan fingerprint density at radius 2 is 1.32 bits per heavy atom. The molecule has 5 aromatic rings. The number of nitrogens with zero attached hydrogens (tertiary/aromatic N) is 2. The molecule has 0 bridgehead atoms. The molecule has 0 N–H and O–H groups in total. The Bertz CT molecular complexity index is 1700. The smallest absolute Gasteiger partial charge is 0.0668 e. The molecule has 1 aromatic heterocycles. The third-order valence-corrected chi connectivity index (χ3v) is 11.1. The van der Waals surface area contributed by atoms with Crippen LogP contribution in [0.4, 0.5) is 5.69 Å². The van der Waals surface area contributed by atoms with Crippen LogP contribution in [0, 0.1) is 13.8 Å². The maximum Gasteiger partial charge on any atom is 0.0668 e. The van der Waals surface area contributed by atoms with Gasteiger partial charge in [0.15, 0.2) is 0 Å². The highest BCUT2D eigenvalue weighted by Gasteiger charge is 2.33. The highest BCUT2D eigenvalue weighted by molar-refractivity contribution is 7.94. The number of hydrogen-bond donors (Lipinski definition) is 0. The van der Waals surface area contributed by atoms with Gasteiger partial charge in [-0.2, -0.15) is 0 Å². The zero-order chi connectivity index (χ0) is 25.6. The Kier molecular flexibility index (Phi) is 5.78. The lowest BCUT2D eigenvalue weighted by Gasteiger charge is -2.23. The van der Waals surface area contributed by atoms with Crippen molar-refractivity contribution in [2.24, 2.45) is 4.99 Å². The molecule has 0 amide bonds. The SMILES string of the molecule is C=P1(c2ccc(C)c(N=C(C)c3ccncc3-c3ccccc3C)c2)c2ccccc2-c2ccccc21. The number of pyridine rings is 1. The molecular formula is C34H29N2P. The number of hydrogen-bond acceptors (Lipinski definition) is 2. The number of rotatable bonds is 4. The zero-order valence-corrected chi connectivity index (χ0v) is 22.3. The second kappa shape index (κ2) is 9.14. The Hall–Kier alpha value is -4.00. The first kappa shape index (κ1) is 23.4. The topological polar surface area (TPSA) is 25.2 Å². The van der Waals surface area contributed by atoms with Crippen LogP contribution < -0.4 is 15.9 Å². The molecule has 3 heteroatoms. The van der Waals surface area contributed by atoms with E-state index in [9.17, 15) is 0 Å². The molecule has 180 valence electrons. The standard InChI is InChI=1S/C34H29N2P/c1-23-11-5-6-12-27(23)31-22-35-20-19-28(31)25(3)36-32-21-26(18-17-24(32)2)37(4)33-15-9-7-13-29(33)30-14-8-10-16-34(30)37/h5-22H,4H2,1-3H3. The van der Waals surface area contributed by atoms with Crippen molar-refractivity contribution in [2.75, 3.05) is 0 Å². The van der Waals surface area contributed by atoms with E-state index >= 15 is 0 Å². The van der Waals surface area contributed by atoms with Gasteiger partial charge < -0.3 is 0 Å². The van der Waals surface area contributed by atoms with Crippen molar-refractivity contribution in [3.63, 3.8) is 0 Å². The molecule has 0 saturated carbocycles. The van der Waals surface area contributed by atoms with Crippen LogP contribution in [-0.2, 0) is 0 Å². The first-order valence-corrected chi connectivity index (χ1v) is 14.6. The van der Waals surface area contributed by atoms with Crippen molar-refractivity contribution >= 4 is 40.5 Å². The highest BCUT2D eigenvalue weighted by Crippen LogP contribution is 2.52. The van der Waals surface area contributed by atoms with E-state index in [-0.39, 0.29) is 0 Å². The van der Waals surface area contributed by atoms with E-state index in [0.717, 1.165) is 28.1 Å². The monoisotopic (exact) mass is 496 g/mol. The molecule has 2 nitrogen and oxygen atoms in total. The quantitative estimate of drug-likeness (QED) is 0.187. The van der Waals surface area contributed by atoms with E-state index in [1.807, 2.05) is 12.4 Å². The first-order valence-electron chi connectivity index (χ1n) is 12.6. The Morgan fingerprint density at radius 1 is 0.703 bits per heavy atom. The molecule has 0 radical (unpaired) electrons. The maximum atomic E-state index is 5.20. The first-order chi connectivity index (χ1) is 18.0. The van der Waals surface area contributed by atoms with E-state index in [0.29, 0.717) is 0 Å². The van der Waals surface area contributed by atoms with Crippen LogP contribution in [0.1, 0.15) is 23.6 Å². The van der Waals surface area contributed by atoms with Crippen LogP contribution in [0.15, 0.2) is 114 Å². The third kappa shape index (κ3) is 3.80. The predicted octanol–water partition coefficient (Wildman–Crippen LogP) is 7.21. The molecule has 6 rings (SSSR count). The van der Waals surface area contributed by atoms with Crippen molar-refractivity contribution < 1.29 is 0 Å². The lowest BCUT2D eigenvalue weighted by Crippen LogP contribution is -2.21.